The van der Waals surface area contributed by atoms with Gasteiger partial charge in [0.15, 0.2) is 0 Å². The molecule has 64 valence electrons. The van der Waals surface area contributed by atoms with Gasteiger partial charge in [0.05, 0.1) is 23.5 Å². The number of rotatable bonds is 3. The Morgan fingerprint density at radius 3 is 2.38 bits per heavy atom. The van der Waals surface area contributed by atoms with Crippen molar-refractivity contribution in [3.05, 3.63) is 35.4 Å². The summed E-state index contributed by atoms with van der Waals surface area (Å²) in [6.45, 7) is 0. The third kappa shape index (κ3) is 3.19. The minimum absolute atomic E-state index is 0.514. The molecular formula is C10H8N2S. The Bertz CT molecular complexity index is 343. The highest BCUT2D eigenvalue weighted by Gasteiger charge is 1.93. The van der Waals surface area contributed by atoms with Crippen molar-refractivity contribution in [2.45, 2.75) is 5.75 Å². The van der Waals surface area contributed by atoms with Crippen LogP contribution in [0.3, 0.4) is 0 Å². The topological polar surface area (TPSA) is 47.6 Å². The Morgan fingerprint density at radius 2 is 1.85 bits per heavy atom. The molecule has 0 bridgehead atoms. The largest absolute Gasteiger partial charge is 0.197 e. The molecule has 0 fully saturated rings. The van der Waals surface area contributed by atoms with Crippen LogP contribution >= 0.6 is 11.8 Å². The quantitative estimate of drug-likeness (QED) is 0.684. The molecular weight excluding hydrogens is 180 g/mol. The molecule has 0 heterocycles. The normalized spacial score (nSPS) is 8.77. The lowest BCUT2D eigenvalue weighted by atomic mass is 10.2. The van der Waals surface area contributed by atoms with Crippen LogP contribution in [0.25, 0.3) is 0 Å². The lowest BCUT2D eigenvalue weighted by Gasteiger charge is -1.97. The van der Waals surface area contributed by atoms with E-state index in [2.05, 4.69) is 12.1 Å². The highest BCUT2D eigenvalue weighted by atomic mass is 32.2. The van der Waals surface area contributed by atoms with Gasteiger partial charge >= 0.3 is 0 Å². The van der Waals surface area contributed by atoms with Crippen LogP contribution in [0.5, 0.6) is 0 Å². The fraction of sp³-hybridized carbons (Fsp3) is 0.200. The van der Waals surface area contributed by atoms with E-state index in [-0.39, 0.29) is 0 Å². The summed E-state index contributed by atoms with van der Waals surface area (Å²) in [7, 11) is 0. The van der Waals surface area contributed by atoms with Crippen LogP contribution in [0.4, 0.5) is 0 Å². The lowest BCUT2D eigenvalue weighted by molar-refractivity contribution is 1.39. The van der Waals surface area contributed by atoms with Crippen molar-refractivity contribution in [3.63, 3.8) is 0 Å². The summed E-state index contributed by atoms with van der Waals surface area (Å²) >= 11 is 1.58. The molecule has 0 amide bonds. The SMILES string of the molecule is N#CCSCc1ccc(C#N)cc1. The molecule has 0 saturated carbocycles. The Balaban J connectivity index is 2.52. The molecule has 0 saturated heterocycles. The maximum Gasteiger partial charge on any atom is 0.0991 e. The van der Waals surface area contributed by atoms with Crippen molar-refractivity contribution in [1.82, 2.24) is 0 Å². The third-order valence-electron chi connectivity index (χ3n) is 1.52. The van der Waals surface area contributed by atoms with Gasteiger partial charge < -0.3 is 0 Å². The minimum atomic E-state index is 0.514. The first-order valence-electron chi connectivity index (χ1n) is 3.80. The number of hydrogen-bond donors (Lipinski definition) is 0. The zero-order valence-electron chi connectivity index (χ0n) is 7.03. The van der Waals surface area contributed by atoms with Gasteiger partial charge in [0, 0.05) is 5.75 Å². The van der Waals surface area contributed by atoms with E-state index in [4.69, 9.17) is 10.5 Å². The zero-order valence-corrected chi connectivity index (χ0v) is 7.84. The highest BCUT2D eigenvalue weighted by molar-refractivity contribution is 7.98. The van der Waals surface area contributed by atoms with Crippen LogP contribution in [0, 0.1) is 22.7 Å². The lowest BCUT2D eigenvalue weighted by Crippen LogP contribution is -1.82. The molecule has 1 aromatic carbocycles. The number of hydrogen-bond acceptors (Lipinski definition) is 3. The van der Waals surface area contributed by atoms with E-state index in [0.717, 1.165) is 11.3 Å². The summed E-state index contributed by atoms with van der Waals surface area (Å²) in [4.78, 5) is 0. The van der Waals surface area contributed by atoms with Crippen LogP contribution in [0.2, 0.25) is 0 Å². The van der Waals surface area contributed by atoms with Gasteiger partial charge in [0.25, 0.3) is 0 Å². The maximum atomic E-state index is 8.54. The average molecular weight is 188 g/mol. The van der Waals surface area contributed by atoms with E-state index < -0.39 is 0 Å². The van der Waals surface area contributed by atoms with Gasteiger partial charge in [0.1, 0.15) is 0 Å². The van der Waals surface area contributed by atoms with Gasteiger partial charge in [-0.25, -0.2) is 0 Å². The van der Waals surface area contributed by atoms with Crippen molar-refractivity contribution >= 4 is 11.8 Å². The molecule has 2 nitrogen and oxygen atoms in total. The number of nitrogens with zero attached hydrogens (tertiary/aromatic N) is 2. The van der Waals surface area contributed by atoms with Crippen LogP contribution < -0.4 is 0 Å². The standard InChI is InChI=1S/C10H8N2S/c11-5-6-13-8-10-3-1-9(7-12)2-4-10/h1-4H,6,8H2. The predicted octanol–water partition coefficient (Wildman–Crippen LogP) is 2.32. The van der Waals surface area contributed by atoms with Crippen molar-refractivity contribution in [1.29, 1.82) is 10.5 Å². The summed E-state index contributed by atoms with van der Waals surface area (Å²) < 4.78 is 0. The first kappa shape index (κ1) is 9.64. The molecule has 0 atom stereocenters. The summed E-state index contributed by atoms with van der Waals surface area (Å²) in [5.74, 6) is 1.35. The van der Waals surface area contributed by atoms with E-state index in [1.807, 2.05) is 12.1 Å². The minimum Gasteiger partial charge on any atom is -0.197 e. The summed E-state index contributed by atoms with van der Waals surface area (Å²) in [6, 6.07) is 11.6. The number of thioether (sulfide) groups is 1. The number of benzene rings is 1. The van der Waals surface area contributed by atoms with E-state index in [1.165, 1.54) is 0 Å². The summed E-state index contributed by atoms with van der Waals surface area (Å²) in [6.07, 6.45) is 0. The number of nitriles is 2. The van der Waals surface area contributed by atoms with E-state index in [1.54, 1.807) is 23.9 Å². The van der Waals surface area contributed by atoms with Gasteiger partial charge in [-0.05, 0) is 17.7 Å². The van der Waals surface area contributed by atoms with Crippen LogP contribution in [-0.4, -0.2) is 5.75 Å². The predicted molar refractivity (Wildman–Crippen MR) is 52.9 cm³/mol. The fourth-order valence-corrected chi connectivity index (χ4v) is 1.51. The first-order valence-corrected chi connectivity index (χ1v) is 4.96. The van der Waals surface area contributed by atoms with Gasteiger partial charge in [-0.3, -0.25) is 0 Å². The van der Waals surface area contributed by atoms with Crippen LogP contribution in [0.15, 0.2) is 24.3 Å². The van der Waals surface area contributed by atoms with E-state index in [0.29, 0.717) is 11.3 Å². The zero-order chi connectivity index (χ0) is 9.52. The first-order chi connectivity index (χ1) is 6.36. The molecule has 3 heteroatoms. The van der Waals surface area contributed by atoms with Crippen molar-refractivity contribution < 1.29 is 0 Å². The monoisotopic (exact) mass is 188 g/mol. The molecule has 13 heavy (non-hydrogen) atoms. The van der Waals surface area contributed by atoms with Crippen molar-refractivity contribution in [2.24, 2.45) is 0 Å². The Morgan fingerprint density at radius 1 is 1.15 bits per heavy atom. The molecule has 0 N–H and O–H groups in total. The smallest absolute Gasteiger partial charge is 0.0991 e. The molecule has 0 unspecified atom stereocenters. The van der Waals surface area contributed by atoms with Crippen molar-refractivity contribution in [3.8, 4) is 12.1 Å². The van der Waals surface area contributed by atoms with Gasteiger partial charge in [-0.1, -0.05) is 12.1 Å². The second kappa shape index (κ2) is 5.24. The van der Waals surface area contributed by atoms with E-state index >= 15 is 0 Å². The molecule has 0 radical (unpaired) electrons. The fourth-order valence-electron chi connectivity index (χ4n) is 0.890. The second-order valence-corrected chi connectivity index (χ2v) is 3.45. The summed E-state index contributed by atoms with van der Waals surface area (Å²) in [5, 5.41) is 16.9. The maximum absolute atomic E-state index is 8.54. The third-order valence-corrected chi connectivity index (χ3v) is 2.39. The van der Waals surface area contributed by atoms with Gasteiger partial charge in [-0.15, -0.1) is 11.8 Å². The Labute approximate surface area is 81.8 Å². The van der Waals surface area contributed by atoms with Crippen molar-refractivity contribution in [2.75, 3.05) is 5.75 Å². The van der Waals surface area contributed by atoms with E-state index in [9.17, 15) is 0 Å². The molecule has 1 aromatic rings. The molecule has 0 aliphatic rings. The molecule has 0 spiro atoms. The second-order valence-electron chi connectivity index (χ2n) is 2.46. The molecule has 0 aliphatic heterocycles. The Kier molecular flexibility index (Phi) is 3.88. The molecule has 0 aromatic heterocycles. The molecule has 0 aliphatic carbocycles. The van der Waals surface area contributed by atoms with Crippen LogP contribution in [0.1, 0.15) is 11.1 Å². The summed E-state index contributed by atoms with van der Waals surface area (Å²) in [5.41, 5.74) is 1.83. The average Bonchev–Trinajstić information content (AvgIpc) is 2.19. The van der Waals surface area contributed by atoms with Gasteiger partial charge in [0.2, 0.25) is 0 Å². The Hall–Kier alpha value is -1.45. The highest BCUT2D eigenvalue weighted by Crippen LogP contribution is 2.11. The van der Waals surface area contributed by atoms with Crippen LogP contribution in [-0.2, 0) is 5.75 Å². The van der Waals surface area contributed by atoms with Gasteiger partial charge in [-0.2, -0.15) is 10.5 Å². The molecule has 1 rings (SSSR count).